The topological polar surface area (TPSA) is 65.4 Å². The van der Waals surface area contributed by atoms with E-state index in [4.69, 9.17) is 14.5 Å². The Kier molecular flexibility index (Phi) is 8.80. The van der Waals surface area contributed by atoms with Crippen molar-refractivity contribution < 1.29 is 14.3 Å². The van der Waals surface area contributed by atoms with Crippen LogP contribution >= 0.6 is 0 Å². The molecule has 1 aliphatic heterocycles. The molecule has 2 heterocycles. The SMILES string of the molecule is Cc1ccc(C(C)C)c(OCCCCn2c(CCCNC(=O)C3CCCO3)nc3ccccc32)c1. The van der Waals surface area contributed by atoms with Gasteiger partial charge in [-0.15, -0.1) is 0 Å². The number of ether oxygens (including phenoxy) is 2. The number of imidazole rings is 1. The Morgan fingerprint density at radius 1 is 1.20 bits per heavy atom. The molecule has 1 aliphatic rings. The third-order valence-electron chi connectivity index (χ3n) is 6.66. The summed E-state index contributed by atoms with van der Waals surface area (Å²) in [6.45, 7) is 9.47. The van der Waals surface area contributed by atoms with Crippen LogP contribution in [0.1, 0.15) is 68.8 Å². The van der Waals surface area contributed by atoms with Gasteiger partial charge in [0, 0.05) is 26.1 Å². The van der Waals surface area contributed by atoms with Crippen molar-refractivity contribution in [2.75, 3.05) is 19.8 Å². The van der Waals surface area contributed by atoms with Crippen LogP contribution in [-0.4, -0.2) is 41.3 Å². The zero-order valence-electron chi connectivity index (χ0n) is 21.4. The zero-order chi connectivity index (χ0) is 24.6. The number of hydrogen-bond acceptors (Lipinski definition) is 4. The molecule has 0 spiro atoms. The minimum Gasteiger partial charge on any atom is -0.493 e. The highest BCUT2D eigenvalue weighted by Crippen LogP contribution is 2.27. The summed E-state index contributed by atoms with van der Waals surface area (Å²) in [6, 6.07) is 14.8. The number of unbranched alkanes of at least 4 members (excludes halogenated alkanes) is 1. The van der Waals surface area contributed by atoms with Crippen molar-refractivity contribution in [1.82, 2.24) is 14.9 Å². The second-order valence-electron chi connectivity index (χ2n) is 9.82. The second-order valence-corrected chi connectivity index (χ2v) is 9.82. The summed E-state index contributed by atoms with van der Waals surface area (Å²) >= 11 is 0. The molecule has 1 amide bonds. The molecule has 1 unspecified atom stereocenters. The Morgan fingerprint density at radius 2 is 2.06 bits per heavy atom. The van der Waals surface area contributed by atoms with E-state index in [0.717, 1.165) is 62.2 Å². The highest BCUT2D eigenvalue weighted by molar-refractivity contribution is 5.80. The molecule has 1 saturated heterocycles. The van der Waals surface area contributed by atoms with Crippen LogP contribution in [0.2, 0.25) is 0 Å². The molecule has 4 rings (SSSR count). The second kappa shape index (κ2) is 12.2. The smallest absolute Gasteiger partial charge is 0.249 e. The number of rotatable bonds is 12. The van der Waals surface area contributed by atoms with Crippen molar-refractivity contribution in [1.29, 1.82) is 0 Å². The predicted molar refractivity (Wildman–Crippen MR) is 140 cm³/mol. The molecule has 0 bridgehead atoms. The summed E-state index contributed by atoms with van der Waals surface area (Å²) in [5.41, 5.74) is 4.70. The van der Waals surface area contributed by atoms with Gasteiger partial charge in [0.2, 0.25) is 5.91 Å². The Bertz CT molecular complexity index is 1120. The molecule has 6 heteroatoms. The number of nitrogens with zero attached hydrogens (tertiary/aromatic N) is 2. The van der Waals surface area contributed by atoms with Gasteiger partial charge in [-0.05, 0) is 74.3 Å². The Morgan fingerprint density at radius 3 is 2.86 bits per heavy atom. The number of fused-ring (bicyclic) bond motifs is 1. The summed E-state index contributed by atoms with van der Waals surface area (Å²) in [7, 11) is 0. The zero-order valence-corrected chi connectivity index (χ0v) is 21.4. The van der Waals surface area contributed by atoms with E-state index in [0.29, 0.717) is 25.7 Å². The fourth-order valence-corrected chi connectivity index (χ4v) is 4.72. The van der Waals surface area contributed by atoms with Crippen LogP contribution in [0, 0.1) is 6.92 Å². The maximum atomic E-state index is 12.2. The quantitative estimate of drug-likeness (QED) is 0.347. The highest BCUT2D eigenvalue weighted by Gasteiger charge is 2.23. The molecule has 1 aromatic heterocycles. The summed E-state index contributed by atoms with van der Waals surface area (Å²) in [6.07, 6.45) is 5.22. The molecule has 0 saturated carbocycles. The number of nitrogens with one attached hydrogen (secondary N) is 1. The maximum Gasteiger partial charge on any atom is 0.249 e. The monoisotopic (exact) mass is 477 g/mol. The minimum absolute atomic E-state index is 0.0187. The van der Waals surface area contributed by atoms with Crippen molar-refractivity contribution in [2.24, 2.45) is 0 Å². The van der Waals surface area contributed by atoms with E-state index in [9.17, 15) is 4.79 Å². The van der Waals surface area contributed by atoms with E-state index in [1.165, 1.54) is 16.6 Å². The van der Waals surface area contributed by atoms with Crippen LogP contribution < -0.4 is 10.1 Å². The first-order chi connectivity index (χ1) is 17.0. The van der Waals surface area contributed by atoms with Crippen LogP contribution in [-0.2, 0) is 22.5 Å². The van der Waals surface area contributed by atoms with Crippen molar-refractivity contribution in [3.05, 3.63) is 59.4 Å². The van der Waals surface area contributed by atoms with Crippen molar-refractivity contribution in [3.8, 4) is 5.75 Å². The van der Waals surface area contributed by atoms with Crippen molar-refractivity contribution >= 4 is 16.9 Å². The molecule has 1 fully saturated rings. The average Bonchev–Trinajstić information content (AvgIpc) is 3.50. The summed E-state index contributed by atoms with van der Waals surface area (Å²) in [5.74, 6) is 2.56. The van der Waals surface area contributed by atoms with E-state index in [2.05, 4.69) is 67.1 Å². The van der Waals surface area contributed by atoms with Crippen molar-refractivity contribution in [3.63, 3.8) is 0 Å². The number of amides is 1. The fraction of sp³-hybridized carbons (Fsp3) is 0.517. The molecule has 1 N–H and O–H groups in total. The van der Waals surface area contributed by atoms with Crippen LogP contribution in [0.25, 0.3) is 11.0 Å². The molecule has 6 nitrogen and oxygen atoms in total. The highest BCUT2D eigenvalue weighted by atomic mass is 16.5. The maximum absolute atomic E-state index is 12.2. The Hall–Kier alpha value is -2.86. The number of aromatic nitrogens is 2. The van der Waals surface area contributed by atoms with Crippen molar-refractivity contribution in [2.45, 2.75) is 77.9 Å². The molecule has 0 aliphatic carbocycles. The first-order valence-corrected chi connectivity index (χ1v) is 13.1. The van der Waals surface area contributed by atoms with Gasteiger partial charge < -0.3 is 19.4 Å². The van der Waals surface area contributed by atoms with E-state index >= 15 is 0 Å². The molecular weight excluding hydrogens is 438 g/mol. The van der Waals surface area contributed by atoms with Gasteiger partial charge in [0.1, 0.15) is 17.7 Å². The number of carbonyl (C=O) groups excluding carboxylic acids is 1. The summed E-state index contributed by atoms with van der Waals surface area (Å²) in [4.78, 5) is 17.1. The minimum atomic E-state index is -0.266. The summed E-state index contributed by atoms with van der Waals surface area (Å²) in [5, 5.41) is 3.02. The number of carbonyl (C=O) groups is 1. The van der Waals surface area contributed by atoms with Crippen LogP contribution in [0.15, 0.2) is 42.5 Å². The molecule has 35 heavy (non-hydrogen) atoms. The first kappa shape index (κ1) is 25.2. The molecular formula is C29H39N3O3. The van der Waals surface area contributed by atoms with Crippen LogP contribution in [0.5, 0.6) is 5.75 Å². The Balaban J connectivity index is 1.29. The van der Waals surface area contributed by atoms with Gasteiger partial charge in [0.25, 0.3) is 0 Å². The average molecular weight is 478 g/mol. The lowest BCUT2D eigenvalue weighted by Crippen LogP contribution is -2.34. The van der Waals surface area contributed by atoms with E-state index < -0.39 is 0 Å². The van der Waals surface area contributed by atoms with Crippen LogP contribution in [0.3, 0.4) is 0 Å². The normalized spacial score (nSPS) is 15.7. The largest absolute Gasteiger partial charge is 0.493 e. The number of aryl methyl sites for hydroxylation is 3. The third-order valence-corrected chi connectivity index (χ3v) is 6.66. The predicted octanol–water partition coefficient (Wildman–Crippen LogP) is 5.56. The number of hydrogen-bond donors (Lipinski definition) is 1. The summed E-state index contributed by atoms with van der Waals surface area (Å²) < 4.78 is 14.0. The molecule has 3 aromatic rings. The first-order valence-electron chi connectivity index (χ1n) is 13.1. The van der Waals surface area contributed by atoms with Gasteiger partial charge >= 0.3 is 0 Å². The number of para-hydroxylation sites is 2. The fourth-order valence-electron chi connectivity index (χ4n) is 4.72. The third kappa shape index (κ3) is 6.63. The molecule has 188 valence electrons. The number of benzene rings is 2. The van der Waals surface area contributed by atoms with Gasteiger partial charge in [-0.1, -0.05) is 38.1 Å². The van der Waals surface area contributed by atoms with Gasteiger partial charge in [-0.2, -0.15) is 0 Å². The van der Waals surface area contributed by atoms with Gasteiger partial charge in [-0.25, -0.2) is 4.98 Å². The van der Waals surface area contributed by atoms with E-state index in [1.54, 1.807) is 0 Å². The van der Waals surface area contributed by atoms with Gasteiger partial charge in [0.05, 0.1) is 17.6 Å². The lowest BCUT2D eigenvalue weighted by atomic mass is 10.0. The standard InChI is InChI=1S/C29H39N3O3/c1-21(2)23-15-14-22(3)20-27(23)35-18-7-6-17-32-25-11-5-4-10-24(25)31-28(32)13-8-16-30-29(33)26-12-9-19-34-26/h4-5,10-11,14-15,20-21,26H,6-9,12-13,16-19H2,1-3H3,(H,30,33). The van der Waals surface area contributed by atoms with Gasteiger partial charge in [0.15, 0.2) is 0 Å². The van der Waals surface area contributed by atoms with Gasteiger partial charge in [-0.3, -0.25) is 4.79 Å². The molecule has 0 radical (unpaired) electrons. The van der Waals surface area contributed by atoms with E-state index in [-0.39, 0.29) is 12.0 Å². The lowest BCUT2D eigenvalue weighted by molar-refractivity contribution is -0.130. The lowest BCUT2D eigenvalue weighted by Gasteiger charge is -2.15. The molecule has 2 aromatic carbocycles. The van der Waals surface area contributed by atoms with E-state index in [1.807, 2.05) is 6.07 Å². The van der Waals surface area contributed by atoms with Crippen LogP contribution in [0.4, 0.5) is 0 Å². The molecule has 1 atom stereocenters. The Labute approximate surface area is 209 Å².